The molecule has 2 aromatic carbocycles. The van der Waals surface area contributed by atoms with Crippen molar-refractivity contribution in [2.45, 2.75) is 0 Å². The number of methoxy groups -OCH3 is 1. The Balaban J connectivity index is 1.92. The van der Waals surface area contributed by atoms with Gasteiger partial charge >= 0.3 is 17.8 Å². The Kier molecular flexibility index (Phi) is 5.83. The van der Waals surface area contributed by atoms with Gasteiger partial charge in [0.1, 0.15) is 5.75 Å². The molecule has 0 unspecified atom stereocenters. The number of hydrazone groups is 1. The normalized spacial score (nSPS) is 10.3. The lowest BCUT2D eigenvalue weighted by Gasteiger charge is -2.08. The molecular weight excluding hydrogens is 326 g/mol. The molecule has 0 saturated carbocycles. The maximum absolute atomic E-state index is 11.8. The lowest BCUT2D eigenvalue weighted by atomic mass is 10.1. The van der Waals surface area contributed by atoms with Gasteiger partial charge in [-0.15, -0.1) is 0 Å². The van der Waals surface area contributed by atoms with Crippen molar-refractivity contribution in [3.8, 4) is 5.75 Å². The van der Waals surface area contributed by atoms with Crippen LogP contribution in [0.2, 0.25) is 0 Å². The van der Waals surface area contributed by atoms with Crippen molar-refractivity contribution in [2.75, 3.05) is 12.4 Å². The van der Waals surface area contributed by atoms with Gasteiger partial charge in [0.25, 0.3) is 0 Å². The van der Waals surface area contributed by atoms with Gasteiger partial charge in [0.2, 0.25) is 0 Å². The number of rotatable bonds is 5. The largest absolute Gasteiger partial charge is 0.495 e. The molecule has 0 spiro atoms. The standard InChI is InChI=1S/C17H15N3O5/c1-25-14-5-3-2-4-13(14)19-15(21)16(22)20-18-10-11-6-8-12(9-7-11)17(23)24/h2-10H,1H3,(H,19,21)(H,20,22)(H,23,24). The zero-order valence-corrected chi connectivity index (χ0v) is 13.2. The fraction of sp³-hybridized carbons (Fsp3) is 0.0588. The van der Waals surface area contributed by atoms with Crippen LogP contribution < -0.4 is 15.5 Å². The number of para-hydroxylation sites is 2. The molecule has 0 aliphatic carbocycles. The van der Waals surface area contributed by atoms with Crippen LogP contribution in [0.3, 0.4) is 0 Å². The molecule has 8 heteroatoms. The summed E-state index contributed by atoms with van der Waals surface area (Å²) in [5.41, 5.74) is 3.15. The average molecular weight is 341 g/mol. The zero-order valence-electron chi connectivity index (χ0n) is 13.2. The van der Waals surface area contributed by atoms with E-state index in [4.69, 9.17) is 9.84 Å². The average Bonchev–Trinajstić information content (AvgIpc) is 2.62. The van der Waals surface area contributed by atoms with E-state index in [1.54, 1.807) is 24.3 Å². The smallest absolute Gasteiger partial charge is 0.335 e. The molecular formula is C17H15N3O5. The van der Waals surface area contributed by atoms with Crippen LogP contribution in [0.1, 0.15) is 15.9 Å². The number of hydrogen-bond donors (Lipinski definition) is 3. The molecule has 128 valence electrons. The molecule has 2 amide bonds. The van der Waals surface area contributed by atoms with E-state index < -0.39 is 17.8 Å². The first-order chi connectivity index (χ1) is 12.0. The van der Waals surface area contributed by atoms with E-state index in [9.17, 15) is 14.4 Å². The minimum atomic E-state index is -1.04. The lowest BCUT2D eigenvalue weighted by Crippen LogP contribution is -2.32. The molecule has 2 aromatic rings. The predicted octanol–water partition coefficient (Wildman–Crippen LogP) is 1.48. The number of aromatic carboxylic acids is 1. The van der Waals surface area contributed by atoms with Gasteiger partial charge in [0.15, 0.2) is 0 Å². The van der Waals surface area contributed by atoms with Crippen molar-refractivity contribution in [2.24, 2.45) is 5.10 Å². The minimum absolute atomic E-state index is 0.136. The summed E-state index contributed by atoms with van der Waals surface area (Å²) in [4.78, 5) is 34.3. The van der Waals surface area contributed by atoms with E-state index in [-0.39, 0.29) is 5.56 Å². The second-order valence-corrected chi connectivity index (χ2v) is 4.78. The summed E-state index contributed by atoms with van der Waals surface area (Å²) in [5.74, 6) is -2.47. The fourth-order valence-electron chi connectivity index (χ4n) is 1.85. The van der Waals surface area contributed by atoms with Gasteiger partial charge in [0.05, 0.1) is 24.6 Å². The van der Waals surface area contributed by atoms with Gasteiger partial charge in [-0.3, -0.25) is 9.59 Å². The van der Waals surface area contributed by atoms with Crippen LogP contribution in [0, 0.1) is 0 Å². The third-order valence-corrected chi connectivity index (χ3v) is 3.10. The van der Waals surface area contributed by atoms with E-state index in [0.717, 1.165) is 0 Å². The molecule has 0 saturated heterocycles. The summed E-state index contributed by atoms with van der Waals surface area (Å²) in [6, 6.07) is 12.5. The van der Waals surface area contributed by atoms with Crippen molar-refractivity contribution < 1.29 is 24.2 Å². The first-order valence-electron chi connectivity index (χ1n) is 7.12. The quantitative estimate of drug-likeness (QED) is 0.433. The maximum Gasteiger partial charge on any atom is 0.335 e. The molecule has 0 aliphatic rings. The monoisotopic (exact) mass is 341 g/mol. The summed E-state index contributed by atoms with van der Waals surface area (Å²) in [6.07, 6.45) is 1.29. The van der Waals surface area contributed by atoms with Gasteiger partial charge in [-0.2, -0.15) is 5.10 Å². The molecule has 0 aromatic heterocycles. The van der Waals surface area contributed by atoms with Gasteiger partial charge in [0, 0.05) is 0 Å². The number of amides is 2. The second-order valence-electron chi connectivity index (χ2n) is 4.78. The number of carbonyl (C=O) groups is 3. The molecule has 0 aliphatic heterocycles. The fourth-order valence-corrected chi connectivity index (χ4v) is 1.85. The molecule has 0 radical (unpaired) electrons. The van der Waals surface area contributed by atoms with E-state index in [2.05, 4.69) is 15.8 Å². The number of carbonyl (C=O) groups excluding carboxylic acids is 2. The van der Waals surface area contributed by atoms with Crippen molar-refractivity contribution in [1.82, 2.24) is 5.43 Å². The summed E-state index contributed by atoms with van der Waals surface area (Å²) in [7, 11) is 1.45. The van der Waals surface area contributed by atoms with Crippen molar-refractivity contribution in [3.63, 3.8) is 0 Å². The summed E-state index contributed by atoms with van der Waals surface area (Å²) >= 11 is 0. The Morgan fingerprint density at radius 1 is 1.04 bits per heavy atom. The second kappa shape index (κ2) is 8.25. The first kappa shape index (κ1) is 17.7. The zero-order chi connectivity index (χ0) is 18.2. The molecule has 8 nitrogen and oxygen atoms in total. The highest BCUT2D eigenvalue weighted by atomic mass is 16.5. The van der Waals surface area contributed by atoms with E-state index >= 15 is 0 Å². The molecule has 0 heterocycles. The molecule has 0 fully saturated rings. The number of nitrogens with zero attached hydrogens (tertiary/aromatic N) is 1. The van der Waals surface area contributed by atoms with Crippen LogP contribution in [0.25, 0.3) is 0 Å². The summed E-state index contributed by atoms with van der Waals surface area (Å²) in [6.45, 7) is 0. The van der Waals surface area contributed by atoms with E-state index in [1.165, 1.54) is 37.6 Å². The highest BCUT2D eigenvalue weighted by Gasteiger charge is 2.14. The maximum atomic E-state index is 11.8. The molecule has 0 atom stereocenters. The van der Waals surface area contributed by atoms with Crippen LogP contribution in [-0.4, -0.2) is 36.2 Å². The van der Waals surface area contributed by atoms with Crippen molar-refractivity contribution >= 4 is 29.7 Å². The number of benzene rings is 2. The first-order valence-corrected chi connectivity index (χ1v) is 7.12. The van der Waals surface area contributed by atoms with Crippen molar-refractivity contribution in [3.05, 3.63) is 59.7 Å². The molecule has 25 heavy (non-hydrogen) atoms. The Morgan fingerprint density at radius 3 is 2.36 bits per heavy atom. The third kappa shape index (κ3) is 4.90. The highest BCUT2D eigenvalue weighted by Crippen LogP contribution is 2.22. The van der Waals surface area contributed by atoms with Gasteiger partial charge in [-0.1, -0.05) is 24.3 Å². The predicted molar refractivity (Wildman–Crippen MR) is 90.8 cm³/mol. The lowest BCUT2D eigenvalue weighted by molar-refractivity contribution is -0.136. The van der Waals surface area contributed by atoms with E-state index in [1.807, 2.05) is 0 Å². The van der Waals surface area contributed by atoms with Crippen LogP contribution in [0.5, 0.6) is 5.75 Å². The number of ether oxygens (including phenoxy) is 1. The summed E-state index contributed by atoms with van der Waals surface area (Å²) < 4.78 is 5.07. The number of hydrogen-bond acceptors (Lipinski definition) is 5. The van der Waals surface area contributed by atoms with Crippen LogP contribution in [-0.2, 0) is 9.59 Å². The number of carboxylic acid groups (broad SMARTS) is 1. The molecule has 3 N–H and O–H groups in total. The Bertz CT molecular complexity index is 815. The Hall–Kier alpha value is -3.68. The van der Waals surface area contributed by atoms with Gasteiger partial charge in [-0.05, 0) is 29.8 Å². The summed E-state index contributed by atoms with van der Waals surface area (Å²) in [5, 5.41) is 14.9. The van der Waals surface area contributed by atoms with Crippen LogP contribution in [0.4, 0.5) is 5.69 Å². The minimum Gasteiger partial charge on any atom is -0.495 e. The SMILES string of the molecule is COc1ccccc1NC(=O)C(=O)NN=Cc1ccc(C(=O)O)cc1. The Morgan fingerprint density at radius 2 is 1.72 bits per heavy atom. The molecule has 0 bridgehead atoms. The Labute approximate surface area is 143 Å². The van der Waals surface area contributed by atoms with Crippen LogP contribution in [0.15, 0.2) is 53.6 Å². The third-order valence-electron chi connectivity index (χ3n) is 3.10. The number of carboxylic acids is 1. The van der Waals surface area contributed by atoms with Crippen LogP contribution >= 0.6 is 0 Å². The number of nitrogens with one attached hydrogen (secondary N) is 2. The highest BCUT2D eigenvalue weighted by molar-refractivity contribution is 6.39. The molecule has 2 rings (SSSR count). The van der Waals surface area contributed by atoms with Gasteiger partial charge < -0.3 is 15.2 Å². The topological polar surface area (TPSA) is 117 Å². The van der Waals surface area contributed by atoms with Gasteiger partial charge in [-0.25, -0.2) is 10.2 Å². The number of anilines is 1. The van der Waals surface area contributed by atoms with Crippen molar-refractivity contribution in [1.29, 1.82) is 0 Å². The van der Waals surface area contributed by atoms with E-state index in [0.29, 0.717) is 17.0 Å².